The van der Waals surface area contributed by atoms with Crippen LogP contribution < -0.4 is 14.8 Å². The Bertz CT molecular complexity index is 1470. The van der Waals surface area contributed by atoms with Gasteiger partial charge in [0.25, 0.3) is 0 Å². The Balaban J connectivity index is 1.27. The van der Waals surface area contributed by atoms with E-state index in [2.05, 4.69) is 88.8 Å². The lowest BCUT2D eigenvalue weighted by Crippen LogP contribution is -2.04. The molecule has 0 fully saturated rings. The number of nitrogens with zero attached hydrogens (tertiary/aromatic N) is 1. The van der Waals surface area contributed by atoms with Crippen LogP contribution in [0.5, 0.6) is 11.5 Å². The molecule has 1 aromatic heterocycles. The van der Waals surface area contributed by atoms with Crippen LogP contribution in [0.15, 0.2) is 89.4 Å². The molecule has 0 aliphatic rings. The average Bonchev–Trinajstić information content (AvgIpc) is 3.31. The summed E-state index contributed by atoms with van der Waals surface area (Å²) in [6, 6.07) is 29.1. The third kappa shape index (κ3) is 5.72. The van der Waals surface area contributed by atoms with Gasteiger partial charge < -0.3 is 14.8 Å². The molecule has 1 heterocycles. The molecule has 5 aromatic rings. The predicted molar refractivity (Wildman–Crippen MR) is 153 cm³/mol. The number of fused-ring (bicyclic) bond motifs is 1. The minimum Gasteiger partial charge on any atom is -0.490 e. The van der Waals surface area contributed by atoms with Crippen molar-refractivity contribution in [3.63, 3.8) is 0 Å². The summed E-state index contributed by atoms with van der Waals surface area (Å²) in [6.07, 6.45) is 0. The lowest BCUT2D eigenvalue weighted by molar-refractivity contribution is 0.267. The summed E-state index contributed by atoms with van der Waals surface area (Å²) in [6.45, 7) is 5.81. The van der Waals surface area contributed by atoms with Crippen LogP contribution in [0.4, 0.5) is 5.69 Å². The molecule has 0 unspecified atom stereocenters. The van der Waals surface area contributed by atoms with Gasteiger partial charge in [-0.25, -0.2) is 4.98 Å². The zero-order valence-corrected chi connectivity index (χ0v) is 22.7. The Labute approximate surface area is 224 Å². The average molecular weight is 560 g/mol. The summed E-state index contributed by atoms with van der Waals surface area (Å²) >= 11 is 5.41. The van der Waals surface area contributed by atoms with Crippen molar-refractivity contribution in [2.75, 3.05) is 11.9 Å². The number of rotatable bonds is 9. The van der Waals surface area contributed by atoms with Crippen molar-refractivity contribution in [3.8, 4) is 22.1 Å². The minimum absolute atomic E-state index is 0.484. The standard InChI is InChI=1S/C30H27BrN2O2S/c1-3-34-27-17-22(16-25(31)29(27)35-19-21-7-5-4-6-8-21)18-32-24-12-10-23(11-13-24)30-33-26-14-9-20(2)15-28(26)36-30/h4-17,32H,3,18-19H2,1-2H3. The van der Waals surface area contributed by atoms with Crippen LogP contribution in [-0.4, -0.2) is 11.6 Å². The maximum atomic E-state index is 6.11. The Morgan fingerprint density at radius 3 is 2.47 bits per heavy atom. The Morgan fingerprint density at radius 1 is 0.889 bits per heavy atom. The molecule has 0 spiro atoms. The molecule has 0 bridgehead atoms. The van der Waals surface area contributed by atoms with Crippen LogP contribution in [0.2, 0.25) is 0 Å². The van der Waals surface area contributed by atoms with Crippen molar-refractivity contribution in [1.29, 1.82) is 0 Å². The van der Waals surface area contributed by atoms with Crippen LogP contribution >= 0.6 is 27.3 Å². The van der Waals surface area contributed by atoms with Gasteiger partial charge in [0.2, 0.25) is 0 Å². The summed E-state index contributed by atoms with van der Waals surface area (Å²) in [4.78, 5) is 4.79. The molecule has 4 aromatic carbocycles. The van der Waals surface area contributed by atoms with Crippen LogP contribution in [-0.2, 0) is 13.2 Å². The van der Waals surface area contributed by atoms with Gasteiger partial charge in [-0.2, -0.15) is 0 Å². The number of aromatic nitrogens is 1. The normalized spacial score (nSPS) is 11.0. The molecule has 0 atom stereocenters. The van der Waals surface area contributed by atoms with Crippen LogP contribution in [0, 0.1) is 6.92 Å². The zero-order valence-electron chi connectivity index (χ0n) is 20.3. The van der Waals surface area contributed by atoms with Crippen LogP contribution in [0.3, 0.4) is 0 Å². The van der Waals surface area contributed by atoms with E-state index in [4.69, 9.17) is 14.5 Å². The third-order valence-corrected chi connectivity index (χ3v) is 7.42. The number of thiazole rings is 1. The van der Waals surface area contributed by atoms with Gasteiger partial charge in [0.15, 0.2) is 11.5 Å². The number of anilines is 1. The second-order valence-electron chi connectivity index (χ2n) is 8.53. The summed E-state index contributed by atoms with van der Waals surface area (Å²) in [7, 11) is 0. The highest BCUT2D eigenvalue weighted by atomic mass is 79.9. The first-order valence-corrected chi connectivity index (χ1v) is 13.5. The van der Waals surface area contributed by atoms with Gasteiger partial charge in [-0.1, -0.05) is 36.4 Å². The molecule has 36 heavy (non-hydrogen) atoms. The van der Waals surface area contributed by atoms with Gasteiger partial charge >= 0.3 is 0 Å². The fourth-order valence-electron chi connectivity index (χ4n) is 3.95. The Kier molecular flexibility index (Phi) is 7.54. The molecule has 0 aliphatic heterocycles. The van der Waals surface area contributed by atoms with Crippen LogP contribution in [0.1, 0.15) is 23.6 Å². The molecule has 0 radical (unpaired) electrons. The fourth-order valence-corrected chi connectivity index (χ4v) is 5.62. The van der Waals surface area contributed by atoms with E-state index in [-0.39, 0.29) is 0 Å². The number of aryl methyl sites for hydroxylation is 1. The first-order valence-electron chi connectivity index (χ1n) is 11.9. The maximum absolute atomic E-state index is 6.11. The second kappa shape index (κ2) is 11.1. The third-order valence-electron chi connectivity index (χ3n) is 5.77. The first-order chi connectivity index (χ1) is 17.6. The molecular formula is C30H27BrN2O2S. The SMILES string of the molecule is CCOc1cc(CNc2ccc(-c3nc4ccc(C)cc4s3)cc2)cc(Br)c1OCc1ccccc1. The molecule has 182 valence electrons. The van der Waals surface area contributed by atoms with Gasteiger partial charge in [0, 0.05) is 17.8 Å². The highest BCUT2D eigenvalue weighted by Crippen LogP contribution is 2.38. The fraction of sp³-hybridized carbons (Fsp3) is 0.167. The van der Waals surface area contributed by atoms with E-state index in [1.807, 2.05) is 31.2 Å². The van der Waals surface area contributed by atoms with Crippen molar-refractivity contribution < 1.29 is 9.47 Å². The van der Waals surface area contributed by atoms with E-state index < -0.39 is 0 Å². The number of benzene rings is 4. The van der Waals surface area contributed by atoms with Gasteiger partial charge in [-0.15, -0.1) is 11.3 Å². The molecule has 4 nitrogen and oxygen atoms in total. The smallest absolute Gasteiger partial charge is 0.175 e. The molecule has 0 saturated heterocycles. The maximum Gasteiger partial charge on any atom is 0.175 e. The van der Waals surface area contributed by atoms with Gasteiger partial charge in [0.05, 0.1) is 21.3 Å². The quantitative estimate of drug-likeness (QED) is 0.196. The monoisotopic (exact) mass is 558 g/mol. The van der Waals surface area contributed by atoms with E-state index in [1.54, 1.807) is 11.3 Å². The molecule has 0 saturated carbocycles. The first kappa shape index (κ1) is 24.3. The lowest BCUT2D eigenvalue weighted by Gasteiger charge is -2.16. The Hall–Kier alpha value is -3.35. The van der Waals surface area contributed by atoms with E-state index in [9.17, 15) is 0 Å². The van der Waals surface area contributed by atoms with Crippen molar-refractivity contribution in [2.24, 2.45) is 0 Å². The molecule has 0 amide bonds. The highest BCUT2D eigenvalue weighted by molar-refractivity contribution is 9.10. The van der Waals surface area contributed by atoms with Crippen LogP contribution in [0.25, 0.3) is 20.8 Å². The van der Waals surface area contributed by atoms with E-state index in [0.29, 0.717) is 19.8 Å². The molecule has 1 N–H and O–H groups in total. The highest BCUT2D eigenvalue weighted by Gasteiger charge is 2.13. The summed E-state index contributed by atoms with van der Waals surface area (Å²) in [5.74, 6) is 1.46. The number of ether oxygens (including phenoxy) is 2. The second-order valence-corrected chi connectivity index (χ2v) is 10.4. The number of hydrogen-bond donors (Lipinski definition) is 1. The van der Waals surface area contributed by atoms with Gasteiger partial charge in [-0.05, 0) is 95.0 Å². The lowest BCUT2D eigenvalue weighted by atomic mass is 10.1. The summed E-state index contributed by atoms with van der Waals surface area (Å²) in [5, 5.41) is 4.55. The molecule has 6 heteroatoms. The molecular weight excluding hydrogens is 532 g/mol. The van der Waals surface area contributed by atoms with Crippen molar-refractivity contribution in [3.05, 3.63) is 106 Å². The van der Waals surface area contributed by atoms with Gasteiger partial charge in [-0.3, -0.25) is 0 Å². The number of hydrogen-bond acceptors (Lipinski definition) is 5. The van der Waals surface area contributed by atoms with E-state index >= 15 is 0 Å². The van der Waals surface area contributed by atoms with E-state index in [0.717, 1.165) is 48.9 Å². The summed E-state index contributed by atoms with van der Waals surface area (Å²) in [5.41, 5.74) is 6.70. The molecule has 5 rings (SSSR count). The molecule has 0 aliphatic carbocycles. The topological polar surface area (TPSA) is 43.4 Å². The summed E-state index contributed by atoms with van der Waals surface area (Å²) < 4.78 is 14.1. The predicted octanol–water partition coefficient (Wildman–Crippen LogP) is 8.62. The largest absolute Gasteiger partial charge is 0.490 e. The van der Waals surface area contributed by atoms with Crippen molar-refractivity contribution in [1.82, 2.24) is 4.98 Å². The number of nitrogens with one attached hydrogen (secondary N) is 1. The van der Waals surface area contributed by atoms with E-state index in [1.165, 1.54) is 10.3 Å². The minimum atomic E-state index is 0.484. The van der Waals surface area contributed by atoms with Crippen molar-refractivity contribution in [2.45, 2.75) is 27.0 Å². The van der Waals surface area contributed by atoms with Gasteiger partial charge in [0.1, 0.15) is 11.6 Å². The van der Waals surface area contributed by atoms with Crippen molar-refractivity contribution >= 4 is 43.2 Å². The zero-order chi connectivity index (χ0) is 24.9. The number of halogens is 1. The Morgan fingerprint density at radius 2 is 1.69 bits per heavy atom.